The number of aromatic amines is 1. The first-order valence-electron chi connectivity index (χ1n) is 8.56. The van der Waals surface area contributed by atoms with Crippen molar-refractivity contribution in [2.45, 2.75) is 26.8 Å². The topological polar surface area (TPSA) is 53.2 Å². The maximum atomic E-state index is 12.8. The average Bonchev–Trinajstić information content (AvgIpc) is 2.63. The van der Waals surface area contributed by atoms with Gasteiger partial charge in [0.2, 0.25) is 0 Å². The first-order valence-corrected chi connectivity index (χ1v) is 8.56. The Bertz CT molecular complexity index is 945. The van der Waals surface area contributed by atoms with Gasteiger partial charge in [-0.3, -0.25) is 9.59 Å². The third-order valence-electron chi connectivity index (χ3n) is 4.33. The Balaban J connectivity index is 1.95. The third-order valence-corrected chi connectivity index (χ3v) is 4.33. The van der Waals surface area contributed by atoms with E-state index in [4.69, 9.17) is 0 Å². The monoisotopic (exact) mass is 334 g/mol. The van der Waals surface area contributed by atoms with Gasteiger partial charge < -0.3 is 9.88 Å². The molecular formula is C21H22N2O2. The van der Waals surface area contributed by atoms with Gasteiger partial charge in [-0.05, 0) is 42.5 Å². The van der Waals surface area contributed by atoms with Crippen LogP contribution in [0.4, 0.5) is 0 Å². The summed E-state index contributed by atoms with van der Waals surface area (Å²) in [6, 6.07) is 17.0. The van der Waals surface area contributed by atoms with Gasteiger partial charge >= 0.3 is 0 Å². The molecule has 1 heterocycles. The fourth-order valence-corrected chi connectivity index (χ4v) is 3.04. The van der Waals surface area contributed by atoms with Crippen molar-refractivity contribution in [1.82, 2.24) is 9.88 Å². The molecule has 128 valence electrons. The minimum atomic E-state index is -0.135. The number of amides is 1. The van der Waals surface area contributed by atoms with Crippen molar-refractivity contribution >= 4 is 16.8 Å². The van der Waals surface area contributed by atoms with E-state index in [-0.39, 0.29) is 11.5 Å². The number of aryl methyl sites for hydroxylation is 1. The minimum Gasteiger partial charge on any atom is -0.334 e. The number of rotatable bonds is 5. The van der Waals surface area contributed by atoms with E-state index >= 15 is 0 Å². The van der Waals surface area contributed by atoms with Crippen molar-refractivity contribution in [1.29, 1.82) is 0 Å². The molecule has 0 fully saturated rings. The van der Waals surface area contributed by atoms with Crippen LogP contribution in [-0.2, 0) is 6.54 Å². The van der Waals surface area contributed by atoms with Crippen molar-refractivity contribution in [3.63, 3.8) is 0 Å². The zero-order valence-electron chi connectivity index (χ0n) is 14.6. The van der Waals surface area contributed by atoms with Gasteiger partial charge in [0.1, 0.15) is 0 Å². The molecule has 1 aromatic heterocycles. The summed E-state index contributed by atoms with van der Waals surface area (Å²) in [5.74, 6) is -0.0498. The predicted molar refractivity (Wildman–Crippen MR) is 101 cm³/mol. The molecule has 4 nitrogen and oxygen atoms in total. The Morgan fingerprint density at radius 3 is 2.56 bits per heavy atom. The van der Waals surface area contributed by atoms with Gasteiger partial charge in [0.05, 0.1) is 12.1 Å². The molecule has 1 N–H and O–H groups in total. The van der Waals surface area contributed by atoms with Crippen molar-refractivity contribution < 1.29 is 4.79 Å². The number of carbonyl (C=O) groups is 1. The molecule has 0 saturated heterocycles. The molecule has 0 atom stereocenters. The van der Waals surface area contributed by atoms with Gasteiger partial charge in [0.15, 0.2) is 0 Å². The lowest BCUT2D eigenvalue weighted by molar-refractivity contribution is 0.0742. The highest BCUT2D eigenvalue weighted by Crippen LogP contribution is 2.16. The molecule has 25 heavy (non-hydrogen) atoms. The number of benzene rings is 2. The zero-order chi connectivity index (χ0) is 17.8. The number of pyridine rings is 1. The number of para-hydroxylation sites is 1. The smallest absolute Gasteiger partial charge is 0.254 e. The van der Waals surface area contributed by atoms with Crippen LogP contribution in [0.15, 0.2) is 59.4 Å². The lowest BCUT2D eigenvalue weighted by Crippen LogP contribution is -2.33. The summed E-state index contributed by atoms with van der Waals surface area (Å²) >= 11 is 0. The van der Waals surface area contributed by atoms with Crippen molar-refractivity contribution in [2.75, 3.05) is 6.54 Å². The van der Waals surface area contributed by atoms with Gasteiger partial charge in [-0.2, -0.15) is 0 Å². The van der Waals surface area contributed by atoms with E-state index in [2.05, 4.69) is 4.98 Å². The summed E-state index contributed by atoms with van der Waals surface area (Å²) < 4.78 is 0. The number of carbonyl (C=O) groups excluding carboxylic acids is 1. The molecule has 0 aliphatic heterocycles. The quantitative estimate of drug-likeness (QED) is 0.769. The third kappa shape index (κ3) is 3.63. The second-order valence-electron chi connectivity index (χ2n) is 6.26. The molecular weight excluding hydrogens is 312 g/mol. The van der Waals surface area contributed by atoms with Crippen LogP contribution < -0.4 is 5.56 Å². The number of fused-ring (bicyclic) bond motifs is 1. The second-order valence-corrected chi connectivity index (χ2v) is 6.26. The summed E-state index contributed by atoms with van der Waals surface area (Å²) in [5.41, 5.74) is 3.00. The lowest BCUT2D eigenvalue weighted by Gasteiger charge is -2.22. The highest BCUT2D eigenvalue weighted by atomic mass is 16.2. The van der Waals surface area contributed by atoms with Crippen LogP contribution in [0.5, 0.6) is 0 Å². The molecule has 2 aromatic carbocycles. The molecule has 0 bridgehead atoms. The molecule has 3 aromatic rings. The number of hydrogen-bond acceptors (Lipinski definition) is 2. The van der Waals surface area contributed by atoms with E-state index < -0.39 is 0 Å². The van der Waals surface area contributed by atoms with Crippen LogP contribution in [0, 0.1) is 6.92 Å². The summed E-state index contributed by atoms with van der Waals surface area (Å²) in [5, 5.41) is 0.984. The Morgan fingerprint density at radius 2 is 1.84 bits per heavy atom. The van der Waals surface area contributed by atoms with Gasteiger partial charge in [-0.25, -0.2) is 0 Å². The van der Waals surface area contributed by atoms with Gasteiger partial charge in [-0.1, -0.05) is 43.3 Å². The zero-order valence-corrected chi connectivity index (χ0v) is 14.6. The molecule has 3 rings (SSSR count). The molecule has 0 unspecified atom stereocenters. The van der Waals surface area contributed by atoms with Crippen molar-refractivity contribution in [2.24, 2.45) is 0 Å². The minimum absolute atomic E-state index is 0.0498. The first kappa shape index (κ1) is 17.0. The van der Waals surface area contributed by atoms with Gasteiger partial charge in [0.25, 0.3) is 11.5 Å². The maximum Gasteiger partial charge on any atom is 0.254 e. The molecule has 0 spiro atoms. The van der Waals surface area contributed by atoms with Crippen LogP contribution in [-0.4, -0.2) is 22.3 Å². The Hall–Kier alpha value is -2.88. The van der Waals surface area contributed by atoms with E-state index in [1.165, 1.54) is 0 Å². The van der Waals surface area contributed by atoms with E-state index in [0.29, 0.717) is 24.2 Å². The molecule has 0 aliphatic rings. The van der Waals surface area contributed by atoms with Crippen molar-refractivity contribution in [3.05, 3.63) is 81.6 Å². The summed E-state index contributed by atoms with van der Waals surface area (Å²) in [6.07, 6.45) is 0.836. The Kier molecular flexibility index (Phi) is 4.98. The van der Waals surface area contributed by atoms with Gasteiger partial charge in [-0.15, -0.1) is 0 Å². The summed E-state index contributed by atoms with van der Waals surface area (Å²) in [6.45, 7) is 4.92. The van der Waals surface area contributed by atoms with Crippen LogP contribution in [0.25, 0.3) is 10.9 Å². The van der Waals surface area contributed by atoms with E-state index in [9.17, 15) is 9.59 Å². The van der Waals surface area contributed by atoms with Crippen LogP contribution >= 0.6 is 0 Å². The highest BCUT2D eigenvalue weighted by Gasteiger charge is 2.17. The fourth-order valence-electron chi connectivity index (χ4n) is 3.04. The highest BCUT2D eigenvalue weighted by molar-refractivity contribution is 5.94. The molecule has 0 aliphatic carbocycles. The lowest BCUT2D eigenvalue weighted by atomic mass is 10.1. The fraction of sp³-hybridized carbons (Fsp3) is 0.238. The predicted octanol–water partition coefficient (Wildman–Crippen LogP) is 3.89. The maximum absolute atomic E-state index is 12.8. The SMILES string of the molecule is CCCN(Cc1cc2cccc(C)c2[nH]c1=O)C(=O)c1ccccc1. The van der Waals surface area contributed by atoms with Crippen LogP contribution in [0.2, 0.25) is 0 Å². The number of H-pyrrole nitrogens is 1. The van der Waals surface area contributed by atoms with Crippen LogP contribution in [0.3, 0.4) is 0 Å². The van der Waals surface area contributed by atoms with Crippen molar-refractivity contribution in [3.8, 4) is 0 Å². The second kappa shape index (κ2) is 7.34. The molecule has 0 saturated carbocycles. The standard InChI is InChI=1S/C21H22N2O2/c1-3-12-23(21(25)16-9-5-4-6-10-16)14-18-13-17-11-7-8-15(2)19(17)22-20(18)24/h4-11,13H,3,12,14H2,1-2H3,(H,22,24). The summed E-state index contributed by atoms with van der Waals surface area (Å²) in [4.78, 5) is 30.0. The number of aromatic nitrogens is 1. The van der Waals surface area contributed by atoms with Gasteiger partial charge in [0, 0.05) is 17.7 Å². The average molecular weight is 334 g/mol. The largest absolute Gasteiger partial charge is 0.334 e. The molecule has 0 radical (unpaired) electrons. The molecule has 4 heteroatoms. The number of nitrogens with one attached hydrogen (secondary N) is 1. The number of nitrogens with zero attached hydrogens (tertiary/aromatic N) is 1. The Morgan fingerprint density at radius 1 is 1.08 bits per heavy atom. The van der Waals surface area contributed by atoms with E-state index in [0.717, 1.165) is 22.9 Å². The van der Waals surface area contributed by atoms with E-state index in [1.807, 2.05) is 56.3 Å². The first-order chi connectivity index (χ1) is 12.1. The molecule has 1 amide bonds. The Labute approximate surface area is 147 Å². The number of hydrogen-bond donors (Lipinski definition) is 1. The van der Waals surface area contributed by atoms with E-state index in [1.54, 1.807) is 17.0 Å². The van der Waals surface area contributed by atoms with Crippen LogP contribution in [0.1, 0.15) is 34.8 Å². The summed E-state index contributed by atoms with van der Waals surface area (Å²) in [7, 11) is 0. The normalized spacial score (nSPS) is 10.8.